The Bertz CT molecular complexity index is 359. The van der Waals surface area contributed by atoms with Gasteiger partial charge in [0.15, 0.2) is 6.54 Å². The van der Waals surface area contributed by atoms with Crippen molar-refractivity contribution in [2.75, 3.05) is 32.8 Å². The van der Waals surface area contributed by atoms with E-state index in [-0.39, 0.29) is 23.0 Å². The number of esters is 1. The molecule has 0 aromatic carbocycles. The third-order valence-electron chi connectivity index (χ3n) is 4.24. The number of allylic oxidation sites excluding steroid dienone is 3. The first-order valence-electron chi connectivity index (χ1n) is 8.18. The average Bonchev–Trinajstić information content (AvgIpc) is 2.44. The molecular weight excluding hydrogens is 342 g/mol. The monoisotopic (exact) mass is 375 g/mol. The number of quaternary nitrogens is 1. The van der Waals surface area contributed by atoms with E-state index in [9.17, 15) is 4.79 Å². The molecule has 4 heteroatoms. The van der Waals surface area contributed by atoms with E-state index in [2.05, 4.69) is 47.6 Å². The molecule has 0 aliphatic heterocycles. The van der Waals surface area contributed by atoms with E-state index >= 15 is 0 Å². The van der Waals surface area contributed by atoms with Crippen molar-refractivity contribution in [1.29, 1.82) is 0 Å². The Morgan fingerprint density at radius 3 is 2.00 bits per heavy atom. The van der Waals surface area contributed by atoms with Crippen LogP contribution in [0.2, 0.25) is 0 Å². The van der Waals surface area contributed by atoms with E-state index in [1.807, 2.05) is 6.08 Å². The second-order valence-corrected chi connectivity index (χ2v) is 6.00. The molecule has 0 amide bonds. The minimum atomic E-state index is -0.0890. The van der Waals surface area contributed by atoms with Crippen molar-refractivity contribution in [2.45, 2.75) is 54.4 Å². The molecule has 0 spiro atoms. The summed E-state index contributed by atoms with van der Waals surface area (Å²) in [5, 5.41) is 0. The van der Waals surface area contributed by atoms with Gasteiger partial charge < -0.3 is 26.2 Å². The molecule has 0 aliphatic rings. The molecule has 22 heavy (non-hydrogen) atoms. The summed E-state index contributed by atoms with van der Waals surface area (Å²) in [5.41, 5.74) is 2.63. The second-order valence-electron chi connectivity index (χ2n) is 6.00. The quantitative estimate of drug-likeness (QED) is 0.324. The summed E-state index contributed by atoms with van der Waals surface area (Å²) in [6, 6.07) is 0. The SMILES string of the molecule is CC[N+](CC)(CC)CC(=O)OCC=C(C)CCC=C(C)C.[Br-]. The first-order chi connectivity index (χ1) is 9.89. The van der Waals surface area contributed by atoms with Crippen molar-refractivity contribution in [3.63, 3.8) is 0 Å². The zero-order valence-corrected chi connectivity index (χ0v) is 16.8. The fourth-order valence-electron chi connectivity index (χ4n) is 2.29. The number of rotatable bonds is 10. The number of ether oxygens (including phenoxy) is 1. The van der Waals surface area contributed by atoms with Crippen LogP contribution in [-0.2, 0) is 9.53 Å². The first kappa shape index (κ1) is 23.7. The van der Waals surface area contributed by atoms with Gasteiger partial charge in [0.25, 0.3) is 0 Å². The molecule has 0 atom stereocenters. The number of halogens is 1. The molecular formula is C18H34BrNO2. The van der Waals surface area contributed by atoms with Crippen LogP contribution in [0.5, 0.6) is 0 Å². The van der Waals surface area contributed by atoms with Crippen LogP contribution < -0.4 is 17.0 Å². The number of carbonyl (C=O) groups excluding carboxylic acids is 1. The first-order valence-corrected chi connectivity index (χ1v) is 8.18. The predicted molar refractivity (Wildman–Crippen MR) is 90.1 cm³/mol. The van der Waals surface area contributed by atoms with Crippen molar-refractivity contribution in [3.05, 3.63) is 23.3 Å². The molecule has 3 nitrogen and oxygen atoms in total. The maximum atomic E-state index is 11.9. The molecule has 0 fully saturated rings. The van der Waals surface area contributed by atoms with E-state index < -0.39 is 0 Å². The maximum absolute atomic E-state index is 11.9. The lowest BCUT2D eigenvalue weighted by molar-refractivity contribution is -0.916. The van der Waals surface area contributed by atoms with Crippen molar-refractivity contribution < 1.29 is 31.0 Å². The van der Waals surface area contributed by atoms with Gasteiger partial charge in [-0.1, -0.05) is 17.2 Å². The molecule has 0 N–H and O–H groups in total. The van der Waals surface area contributed by atoms with Crippen LogP contribution in [0.1, 0.15) is 54.4 Å². The number of carbonyl (C=O) groups is 1. The second kappa shape index (κ2) is 12.9. The number of nitrogens with zero attached hydrogens (tertiary/aromatic N) is 1. The van der Waals surface area contributed by atoms with Crippen LogP contribution in [0.3, 0.4) is 0 Å². The summed E-state index contributed by atoms with van der Waals surface area (Å²) in [6.45, 7) is 16.5. The highest BCUT2D eigenvalue weighted by Crippen LogP contribution is 2.08. The molecule has 0 saturated carbocycles. The highest BCUT2D eigenvalue weighted by Gasteiger charge is 2.25. The molecule has 0 aromatic rings. The van der Waals surface area contributed by atoms with Crippen LogP contribution in [-0.4, -0.2) is 43.2 Å². The Kier molecular flexibility index (Phi) is 13.9. The average molecular weight is 376 g/mol. The molecule has 0 heterocycles. The summed E-state index contributed by atoms with van der Waals surface area (Å²) in [5.74, 6) is -0.0890. The van der Waals surface area contributed by atoms with Crippen LogP contribution in [0.4, 0.5) is 0 Å². The lowest BCUT2D eigenvalue weighted by atomic mass is 10.1. The Hall–Kier alpha value is -0.610. The van der Waals surface area contributed by atoms with E-state index in [1.54, 1.807) is 0 Å². The normalized spacial score (nSPS) is 11.6. The topological polar surface area (TPSA) is 26.3 Å². The Balaban J connectivity index is 0. The van der Waals surface area contributed by atoms with Gasteiger partial charge in [0.05, 0.1) is 19.6 Å². The third kappa shape index (κ3) is 10.2. The van der Waals surface area contributed by atoms with E-state index in [0.717, 1.165) is 37.0 Å². The summed E-state index contributed by atoms with van der Waals surface area (Å²) in [4.78, 5) is 11.9. The van der Waals surface area contributed by atoms with Gasteiger partial charge in [-0.15, -0.1) is 0 Å². The molecule has 0 bridgehead atoms. The van der Waals surface area contributed by atoms with Crippen LogP contribution in [0.25, 0.3) is 0 Å². The molecule has 0 rings (SSSR count). The molecule has 0 aliphatic carbocycles. The van der Waals surface area contributed by atoms with Gasteiger partial charge in [-0.25, -0.2) is 4.79 Å². The lowest BCUT2D eigenvalue weighted by Gasteiger charge is -2.34. The van der Waals surface area contributed by atoms with Crippen molar-refractivity contribution in [2.24, 2.45) is 0 Å². The molecule has 0 unspecified atom stereocenters. The number of hydrogen-bond donors (Lipinski definition) is 0. The molecule has 0 aromatic heterocycles. The minimum Gasteiger partial charge on any atom is -1.00 e. The highest BCUT2D eigenvalue weighted by molar-refractivity contribution is 5.70. The standard InChI is InChI=1S/C18H34NO2.BrH/c1-7-19(8-2,9-3)15-18(20)21-14-13-17(6)12-10-11-16(4)5;/h11,13H,7-10,12,14-15H2,1-6H3;1H/q+1;/p-1. The van der Waals surface area contributed by atoms with E-state index in [1.165, 1.54) is 11.1 Å². The maximum Gasteiger partial charge on any atom is 0.362 e. The Morgan fingerprint density at radius 1 is 1.00 bits per heavy atom. The van der Waals surface area contributed by atoms with Gasteiger partial charge in [0.2, 0.25) is 0 Å². The van der Waals surface area contributed by atoms with Gasteiger partial charge in [0, 0.05) is 0 Å². The Labute approximate surface area is 147 Å². The summed E-state index contributed by atoms with van der Waals surface area (Å²) in [6.07, 6.45) is 6.34. The summed E-state index contributed by atoms with van der Waals surface area (Å²) < 4.78 is 6.16. The van der Waals surface area contributed by atoms with Crippen molar-refractivity contribution in [3.8, 4) is 0 Å². The minimum absolute atomic E-state index is 0. The van der Waals surface area contributed by atoms with Crippen LogP contribution in [0.15, 0.2) is 23.3 Å². The predicted octanol–water partition coefficient (Wildman–Crippen LogP) is 1.10. The number of hydrogen-bond acceptors (Lipinski definition) is 2. The van der Waals surface area contributed by atoms with Crippen molar-refractivity contribution >= 4 is 5.97 Å². The van der Waals surface area contributed by atoms with E-state index in [4.69, 9.17) is 4.74 Å². The van der Waals surface area contributed by atoms with Gasteiger partial charge >= 0.3 is 5.97 Å². The highest BCUT2D eigenvalue weighted by atomic mass is 79.9. The zero-order valence-electron chi connectivity index (χ0n) is 15.2. The fraction of sp³-hybridized carbons (Fsp3) is 0.722. The van der Waals surface area contributed by atoms with E-state index in [0.29, 0.717) is 13.2 Å². The Morgan fingerprint density at radius 2 is 1.55 bits per heavy atom. The molecule has 0 saturated heterocycles. The summed E-state index contributed by atoms with van der Waals surface area (Å²) >= 11 is 0. The van der Waals surface area contributed by atoms with Gasteiger partial charge in [-0.2, -0.15) is 0 Å². The smallest absolute Gasteiger partial charge is 0.362 e. The molecule has 0 radical (unpaired) electrons. The van der Waals surface area contributed by atoms with Crippen LogP contribution >= 0.6 is 0 Å². The molecule has 130 valence electrons. The largest absolute Gasteiger partial charge is 1.00 e. The zero-order chi connectivity index (χ0) is 16.3. The lowest BCUT2D eigenvalue weighted by Crippen LogP contribution is -3.00. The van der Waals surface area contributed by atoms with Crippen molar-refractivity contribution in [1.82, 2.24) is 0 Å². The number of likely N-dealkylation sites (N-methyl/N-ethyl adjacent to an activating group) is 1. The van der Waals surface area contributed by atoms with Crippen LogP contribution in [0, 0.1) is 0 Å². The van der Waals surface area contributed by atoms with Gasteiger partial charge in [0.1, 0.15) is 6.61 Å². The fourth-order valence-corrected chi connectivity index (χ4v) is 2.29. The van der Waals surface area contributed by atoms with Gasteiger partial charge in [-0.3, -0.25) is 0 Å². The summed E-state index contributed by atoms with van der Waals surface area (Å²) in [7, 11) is 0. The third-order valence-corrected chi connectivity index (χ3v) is 4.24. The van der Waals surface area contributed by atoms with Gasteiger partial charge in [-0.05, 0) is 60.5 Å².